The smallest absolute Gasteiger partial charge is 0.325 e. The van der Waals surface area contributed by atoms with Crippen LogP contribution in [0.15, 0.2) is 41.4 Å². The fourth-order valence-electron chi connectivity index (χ4n) is 2.59. The van der Waals surface area contributed by atoms with E-state index >= 15 is 0 Å². The largest absolute Gasteiger partial charge is 0.468 e. The van der Waals surface area contributed by atoms with Crippen LogP contribution >= 0.6 is 22.9 Å². The zero-order valence-corrected chi connectivity index (χ0v) is 16.7. The van der Waals surface area contributed by atoms with Gasteiger partial charge in [-0.2, -0.15) is 4.99 Å². The van der Waals surface area contributed by atoms with Gasteiger partial charge in [0.25, 0.3) is 17.3 Å². The maximum atomic E-state index is 12.7. The summed E-state index contributed by atoms with van der Waals surface area (Å²) in [5.41, 5.74) is -0.592. The highest BCUT2D eigenvalue weighted by Gasteiger charge is 2.21. The molecular weight excluding hydrogens is 440 g/mol. The summed E-state index contributed by atoms with van der Waals surface area (Å²) < 4.78 is 6.37. The number of ether oxygens (including phenoxy) is 1. The van der Waals surface area contributed by atoms with Crippen molar-refractivity contribution in [3.63, 3.8) is 0 Å². The van der Waals surface area contributed by atoms with Crippen LogP contribution in [0, 0.1) is 20.2 Å². The van der Waals surface area contributed by atoms with E-state index in [-0.39, 0.29) is 27.6 Å². The van der Waals surface area contributed by atoms with Gasteiger partial charge in [0, 0.05) is 23.2 Å². The number of carbonyl (C=O) groups excluding carboxylic acids is 2. The van der Waals surface area contributed by atoms with E-state index in [0.29, 0.717) is 10.2 Å². The summed E-state index contributed by atoms with van der Waals surface area (Å²) in [6.45, 7) is -0.321. The summed E-state index contributed by atoms with van der Waals surface area (Å²) in [5.74, 6) is -1.60. The molecule has 30 heavy (non-hydrogen) atoms. The second-order valence-electron chi connectivity index (χ2n) is 5.79. The average molecular weight is 451 g/mol. The van der Waals surface area contributed by atoms with Crippen LogP contribution in [-0.2, 0) is 16.1 Å². The molecule has 1 amide bonds. The molecule has 0 saturated carbocycles. The number of hydrogen-bond acceptors (Lipinski definition) is 8. The number of rotatable bonds is 5. The number of amides is 1. The lowest BCUT2D eigenvalue weighted by molar-refractivity contribution is -0.385. The first-order valence-corrected chi connectivity index (χ1v) is 9.28. The molecular formula is C17H11ClN4O7S. The molecule has 0 spiro atoms. The van der Waals surface area contributed by atoms with E-state index in [1.54, 1.807) is 0 Å². The molecule has 0 N–H and O–H groups in total. The maximum Gasteiger partial charge on any atom is 0.325 e. The molecule has 2 aromatic carbocycles. The summed E-state index contributed by atoms with van der Waals surface area (Å²) in [5, 5.41) is 22.4. The molecule has 0 aliphatic rings. The van der Waals surface area contributed by atoms with E-state index in [1.165, 1.54) is 35.9 Å². The van der Waals surface area contributed by atoms with Gasteiger partial charge in [0.05, 0.1) is 27.2 Å². The molecule has 154 valence electrons. The van der Waals surface area contributed by atoms with Crippen LogP contribution in [0.1, 0.15) is 10.4 Å². The Hall–Kier alpha value is -3.64. The number of nitro benzene ring substituents is 2. The Morgan fingerprint density at radius 1 is 1.17 bits per heavy atom. The standard InChI is InChI=1S/C17H11ClN4O7S/c1-29-15(23)8-20-13-5-3-10(21(25)26)7-14(13)30-17(20)19-16(24)11-6-9(18)2-4-12(11)22(27)28/h2-7H,8H2,1H3. The van der Waals surface area contributed by atoms with Crippen LogP contribution in [0.5, 0.6) is 0 Å². The Bertz CT molecular complexity index is 1280. The molecule has 1 heterocycles. The highest BCUT2D eigenvalue weighted by molar-refractivity contribution is 7.16. The third-order valence-corrected chi connectivity index (χ3v) is 5.25. The van der Waals surface area contributed by atoms with E-state index in [2.05, 4.69) is 9.73 Å². The summed E-state index contributed by atoms with van der Waals surface area (Å²) in [7, 11) is 1.18. The first-order valence-electron chi connectivity index (χ1n) is 8.09. The third-order valence-electron chi connectivity index (χ3n) is 3.97. The van der Waals surface area contributed by atoms with Crippen LogP contribution in [0.25, 0.3) is 10.2 Å². The summed E-state index contributed by atoms with van der Waals surface area (Å²) in [4.78, 5) is 49.4. The van der Waals surface area contributed by atoms with E-state index in [4.69, 9.17) is 11.6 Å². The molecule has 0 saturated heterocycles. The Labute approximate surface area is 176 Å². The monoisotopic (exact) mass is 450 g/mol. The van der Waals surface area contributed by atoms with Crippen molar-refractivity contribution in [2.75, 3.05) is 7.11 Å². The van der Waals surface area contributed by atoms with Crippen molar-refractivity contribution < 1.29 is 24.2 Å². The molecule has 0 aliphatic carbocycles. The fraction of sp³-hybridized carbons (Fsp3) is 0.118. The molecule has 3 aromatic rings. The number of non-ortho nitro benzene ring substituents is 1. The van der Waals surface area contributed by atoms with Crippen LogP contribution < -0.4 is 4.80 Å². The second-order valence-corrected chi connectivity index (χ2v) is 7.24. The zero-order valence-electron chi connectivity index (χ0n) is 15.1. The molecule has 1 aromatic heterocycles. The van der Waals surface area contributed by atoms with Gasteiger partial charge in [-0.05, 0) is 18.2 Å². The predicted molar refractivity (Wildman–Crippen MR) is 106 cm³/mol. The quantitative estimate of drug-likeness (QED) is 0.329. The Morgan fingerprint density at radius 2 is 1.90 bits per heavy atom. The van der Waals surface area contributed by atoms with Gasteiger partial charge in [0.2, 0.25) is 0 Å². The predicted octanol–water partition coefficient (Wildman–Crippen LogP) is 3.09. The number of halogens is 1. The van der Waals surface area contributed by atoms with E-state index in [9.17, 15) is 29.8 Å². The minimum atomic E-state index is -0.955. The van der Waals surface area contributed by atoms with Crippen molar-refractivity contribution in [1.82, 2.24) is 4.57 Å². The first-order chi connectivity index (χ1) is 14.2. The van der Waals surface area contributed by atoms with Crippen LogP contribution in [0.4, 0.5) is 11.4 Å². The van der Waals surface area contributed by atoms with Gasteiger partial charge in [0.1, 0.15) is 12.1 Å². The van der Waals surface area contributed by atoms with Crippen molar-refractivity contribution in [2.24, 2.45) is 4.99 Å². The van der Waals surface area contributed by atoms with Gasteiger partial charge in [0.15, 0.2) is 4.80 Å². The summed E-state index contributed by atoms with van der Waals surface area (Å²) in [6.07, 6.45) is 0. The van der Waals surface area contributed by atoms with Gasteiger partial charge in [-0.3, -0.25) is 29.8 Å². The Balaban J connectivity index is 2.22. The normalized spacial score (nSPS) is 11.5. The van der Waals surface area contributed by atoms with Gasteiger partial charge in [-0.25, -0.2) is 0 Å². The third kappa shape index (κ3) is 4.18. The summed E-state index contributed by atoms with van der Waals surface area (Å²) >= 11 is 6.76. The maximum absolute atomic E-state index is 12.7. The lowest BCUT2D eigenvalue weighted by Gasteiger charge is -2.04. The topological polar surface area (TPSA) is 147 Å². The van der Waals surface area contributed by atoms with E-state index < -0.39 is 27.4 Å². The lowest BCUT2D eigenvalue weighted by atomic mass is 10.2. The number of aromatic nitrogens is 1. The van der Waals surface area contributed by atoms with E-state index in [0.717, 1.165) is 23.5 Å². The van der Waals surface area contributed by atoms with Crippen LogP contribution in [-0.4, -0.2) is 33.4 Å². The van der Waals surface area contributed by atoms with Gasteiger partial charge in [-0.1, -0.05) is 22.9 Å². The molecule has 0 aliphatic heterocycles. The number of nitro groups is 2. The van der Waals surface area contributed by atoms with Crippen molar-refractivity contribution in [3.8, 4) is 0 Å². The highest BCUT2D eigenvalue weighted by Crippen LogP contribution is 2.25. The molecule has 11 nitrogen and oxygen atoms in total. The van der Waals surface area contributed by atoms with Crippen molar-refractivity contribution in [2.45, 2.75) is 6.54 Å². The number of methoxy groups -OCH3 is 1. The number of benzene rings is 2. The second kappa shape index (κ2) is 8.39. The molecule has 13 heteroatoms. The molecule has 0 atom stereocenters. The number of carbonyl (C=O) groups is 2. The fourth-order valence-corrected chi connectivity index (χ4v) is 3.83. The molecule has 3 rings (SSSR count). The van der Waals surface area contributed by atoms with Crippen molar-refractivity contribution in [3.05, 3.63) is 72.0 Å². The molecule has 0 unspecified atom stereocenters. The Kier molecular flexibility index (Phi) is 5.89. The SMILES string of the molecule is COC(=O)Cn1c(=NC(=O)c2cc(Cl)ccc2[N+](=O)[O-])sc2cc([N+](=O)[O-])ccc21. The van der Waals surface area contributed by atoms with Crippen molar-refractivity contribution >= 4 is 56.4 Å². The number of nitrogens with zero attached hydrogens (tertiary/aromatic N) is 4. The van der Waals surface area contributed by atoms with E-state index in [1.807, 2.05) is 0 Å². The average Bonchev–Trinajstić information content (AvgIpc) is 3.03. The van der Waals surface area contributed by atoms with Gasteiger partial charge < -0.3 is 9.30 Å². The first kappa shape index (κ1) is 21.1. The lowest BCUT2D eigenvalue weighted by Crippen LogP contribution is -2.22. The minimum Gasteiger partial charge on any atom is -0.468 e. The number of fused-ring (bicyclic) bond motifs is 1. The number of esters is 1. The van der Waals surface area contributed by atoms with Crippen LogP contribution in [0.2, 0.25) is 5.02 Å². The minimum absolute atomic E-state index is 0.00942. The summed E-state index contributed by atoms with van der Waals surface area (Å²) in [6, 6.07) is 7.41. The highest BCUT2D eigenvalue weighted by atomic mass is 35.5. The van der Waals surface area contributed by atoms with Crippen LogP contribution in [0.3, 0.4) is 0 Å². The molecule has 0 bridgehead atoms. The zero-order chi connectivity index (χ0) is 22.0. The number of thiazole rings is 1. The number of hydrogen-bond donors (Lipinski definition) is 0. The van der Waals surface area contributed by atoms with Gasteiger partial charge >= 0.3 is 5.97 Å². The van der Waals surface area contributed by atoms with Gasteiger partial charge in [-0.15, -0.1) is 0 Å². The molecule has 0 radical (unpaired) electrons. The van der Waals surface area contributed by atoms with Crippen molar-refractivity contribution in [1.29, 1.82) is 0 Å². The Morgan fingerprint density at radius 3 is 2.53 bits per heavy atom. The molecule has 0 fully saturated rings.